The highest BCUT2D eigenvalue weighted by molar-refractivity contribution is 7.14. The topological polar surface area (TPSA) is 105 Å². The lowest BCUT2D eigenvalue weighted by molar-refractivity contribution is 0.0680. The zero-order valence-corrected chi connectivity index (χ0v) is 7.97. The lowest BCUT2D eigenvalue weighted by atomic mass is 10.6. The molecular formula is C7H3N5O2S. The number of rotatable bonds is 2. The van der Waals surface area contributed by atoms with Crippen LogP contribution in [0.1, 0.15) is 15.5 Å². The van der Waals surface area contributed by atoms with Gasteiger partial charge in [0, 0.05) is 0 Å². The number of nitriles is 1. The summed E-state index contributed by atoms with van der Waals surface area (Å²) in [5.41, 5.74) is 0. The molecule has 0 aliphatic carbocycles. The predicted molar refractivity (Wildman–Crippen MR) is 48.7 cm³/mol. The van der Waals surface area contributed by atoms with Gasteiger partial charge in [0.05, 0.1) is 6.20 Å². The van der Waals surface area contributed by atoms with E-state index in [0.717, 1.165) is 22.3 Å². The zero-order valence-electron chi connectivity index (χ0n) is 7.15. The number of nitrogens with zero attached hydrogens (tertiary/aromatic N) is 5. The molecule has 2 heterocycles. The molecule has 0 bridgehead atoms. The molecule has 0 saturated carbocycles. The van der Waals surface area contributed by atoms with Crippen LogP contribution in [0.4, 0.5) is 0 Å². The summed E-state index contributed by atoms with van der Waals surface area (Å²) in [6.45, 7) is 0. The molecule has 0 aliphatic rings. The number of thiazole rings is 1. The van der Waals surface area contributed by atoms with Gasteiger partial charge in [-0.25, -0.2) is 14.8 Å². The van der Waals surface area contributed by atoms with E-state index in [1.165, 1.54) is 6.20 Å². The van der Waals surface area contributed by atoms with Crippen molar-refractivity contribution >= 4 is 17.3 Å². The smallest absolute Gasteiger partial charge is 0.374 e. The molecule has 2 aromatic heterocycles. The summed E-state index contributed by atoms with van der Waals surface area (Å²) in [6.07, 6.45) is 2.48. The first kappa shape index (κ1) is 9.29. The Labute approximate surface area is 87.3 Å². The van der Waals surface area contributed by atoms with E-state index in [-0.39, 0.29) is 5.82 Å². The van der Waals surface area contributed by atoms with Crippen LogP contribution in [-0.2, 0) is 0 Å². The van der Waals surface area contributed by atoms with Crippen molar-refractivity contribution in [1.82, 2.24) is 19.7 Å². The highest BCUT2D eigenvalue weighted by Gasteiger charge is 2.16. The molecule has 0 radical (unpaired) electrons. The van der Waals surface area contributed by atoms with Crippen molar-refractivity contribution in [2.45, 2.75) is 0 Å². The quantitative estimate of drug-likeness (QED) is 0.781. The summed E-state index contributed by atoms with van der Waals surface area (Å²) in [7, 11) is 0. The van der Waals surface area contributed by atoms with Crippen LogP contribution in [-0.4, -0.2) is 30.8 Å². The number of aromatic nitrogens is 4. The van der Waals surface area contributed by atoms with E-state index in [0.29, 0.717) is 10.0 Å². The van der Waals surface area contributed by atoms with Crippen LogP contribution in [0, 0.1) is 11.3 Å². The Bertz CT molecular complexity index is 552. The van der Waals surface area contributed by atoms with Crippen molar-refractivity contribution in [2.75, 3.05) is 0 Å². The average molecular weight is 221 g/mol. The molecule has 0 fully saturated rings. The first-order chi connectivity index (χ1) is 7.22. The highest BCUT2D eigenvalue weighted by Crippen LogP contribution is 2.16. The summed E-state index contributed by atoms with van der Waals surface area (Å²) >= 11 is 1.05. The summed E-state index contributed by atoms with van der Waals surface area (Å²) in [5.74, 6) is -1.42. The van der Waals surface area contributed by atoms with E-state index in [1.54, 1.807) is 0 Å². The fourth-order valence-corrected chi connectivity index (χ4v) is 1.62. The molecule has 15 heavy (non-hydrogen) atoms. The van der Waals surface area contributed by atoms with E-state index in [2.05, 4.69) is 15.1 Å². The molecule has 0 saturated heterocycles. The number of carbonyl (C=O) groups is 1. The van der Waals surface area contributed by atoms with Gasteiger partial charge in [-0.2, -0.15) is 15.0 Å². The Morgan fingerprint density at radius 3 is 3.00 bits per heavy atom. The van der Waals surface area contributed by atoms with Gasteiger partial charge in [0.15, 0.2) is 0 Å². The number of hydrogen-bond acceptors (Lipinski definition) is 6. The van der Waals surface area contributed by atoms with Gasteiger partial charge in [0.25, 0.3) is 0 Å². The van der Waals surface area contributed by atoms with Crippen LogP contribution in [0.5, 0.6) is 0 Å². The van der Waals surface area contributed by atoms with Crippen LogP contribution in [0.3, 0.4) is 0 Å². The lowest BCUT2D eigenvalue weighted by Gasteiger charge is -1.95. The molecule has 0 aliphatic heterocycles. The van der Waals surface area contributed by atoms with Crippen LogP contribution in [0.25, 0.3) is 5.13 Å². The molecule has 0 amide bonds. The van der Waals surface area contributed by atoms with Crippen LogP contribution in [0.2, 0.25) is 0 Å². The summed E-state index contributed by atoms with van der Waals surface area (Å²) < 4.78 is 1.08. The second kappa shape index (κ2) is 3.47. The van der Waals surface area contributed by atoms with Crippen molar-refractivity contribution in [3.8, 4) is 11.2 Å². The van der Waals surface area contributed by atoms with Crippen molar-refractivity contribution in [1.29, 1.82) is 5.26 Å². The molecule has 1 N–H and O–H groups in total. The highest BCUT2D eigenvalue weighted by atomic mass is 32.1. The lowest BCUT2D eigenvalue weighted by Crippen LogP contribution is -2.08. The maximum Gasteiger partial charge on any atom is 0.374 e. The Balaban J connectivity index is 2.50. The van der Waals surface area contributed by atoms with Gasteiger partial charge < -0.3 is 5.11 Å². The Kier molecular flexibility index (Phi) is 2.15. The number of carboxylic acids is 1. The molecule has 0 spiro atoms. The minimum absolute atomic E-state index is 0.228. The largest absolute Gasteiger partial charge is 0.475 e. The number of aromatic carboxylic acids is 1. The van der Waals surface area contributed by atoms with E-state index >= 15 is 0 Å². The van der Waals surface area contributed by atoms with E-state index < -0.39 is 5.97 Å². The van der Waals surface area contributed by atoms with Crippen molar-refractivity contribution in [3.05, 3.63) is 23.2 Å². The first-order valence-corrected chi connectivity index (χ1v) is 4.53. The van der Waals surface area contributed by atoms with Crippen molar-refractivity contribution in [3.63, 3.8) is 0 Å². The fourth-order valence-electron chi connectivity index (χ4n) is 0.942. The van der Waals surface area contributed by atoms with Crippen molar-refractivity contribution in [2.24, 2.45) is 0 Å². The standard InChI is InChI=1S/C7H3N5O2S/c8-1-4-2-9-7(15-4)12-5(6(13)14)10-3-11-12/h2-3H,(H,13,14). The first-order valence-electron chi connectivity index (χ1n) is 3.72. The van der Waals surface area contributed by atoms with E-state index in [1.807, 2.05) is 6.07 Å². The zero-order chi connectivity index (χ0) is 10.8. The van der Waals surface area contributed by atoms with E-state index in [4.69, 9.17) is 10.4 Å². The summed E-state index contributed by atoms with van der Waals surface area (Å²) in [4.78, 5) is 18.5. The van der Waals surface area contributed by atoms with Gasteiger partial charge in [0.1, 0.15) is 17.3 Å². The molecule has 74 valence electrons. The number of carboxylic acid groups (broad SMARTS) is 1. The predicted octanol–water partition coefficient (Wildman–Crippen LogP) is 0.294. The summed E-state index contributed by atoms with van der Waals surface area (Å²) in [6, 6.07) is 1.91. The van der Waals surface area contributed by atoms with Gasteiger partial charge in [-0.05, 0) is 0 Å². The molecule has 0 unspecified atom stereocenters. The minimum atomic E-state index is -1.19. The van der Waals surface area contributed by atoms with Crippen molar-refractivity contribution < 1.29 is 9.90 Å². The summed E-state index contributed by atoms with van der Waals surface area (Å²) in [5, 5.41) is 21.4. The molecule has 0 aromatic carbocycles. The Morgan fingerprint density at radius 1 is 1.60 bits per heavy atom. The maximum atomic E-state index is 10.7. The Morgan fingerprint density at radius 2 is 2.40 bits per heavy atom. The van der Waals surface area contributed by atoms with Crippen LogP contribution < -0.4 is 0 Å². The SMILES string of the molecule is N#Cc1cnc(-n2ncnc2C(=O)O)s1. The van der Waals surface area contributed by atoms with Gasteiger partial charge >= 0.3 is 5.97 Å². The molecule has 0 atom stereocenters. The third kappa shape index (κ3) is 1.55. The average Bonchev–Trinajstić information content (AvgIpc) is 2.85. The molecule has 2 rings (SSSR count). The minimum Gasteiger partial charge on any atom is -0.475 e. The molecule has 2 aromatic rings. The second-order valence-corrected chi connectivity index (χ2v) is 3.43. The molecule has 7 nitrogen and oxygen atoms in total. The van der Waals surface area contributed by atoms with Gasteiger partial charge in [-0.3, -0.25) is 0 Å². The van der Waals surface area contributed by atoms with Crippen LogP contribution in [0.15, 0.2) is 12.5 Å². The molecule has 8 heteroatoms. The normalized spacial score (nSPS) is 9.80. The monoisotopic (exact) mass is 221 g/mol. The fraction of sp³-hybridized carbons (Fsp3) is 0. The van der Waals surface area contributed by atoms with Gasteiger partial charge in [-0.1, -0.05) is 11.3 Å². The second-order valence-electron chi connectivity index (χ2n) is 2.42. The van der Waals surface area contributed by atoms with Crippen LogP contribution >= 0.6 is 11.3 Å². The molecular weight excluding hydrogens is 218 g/mol. The number of hydrogen-bond donors (Lipinski definition) is 1. The van der Waals surface area contributed by atoms with Gasteiger partial charge in [0.2, 0.25) is 11.0 Å². The third-order valence-corrected chi connectivity index (χ3v) is 2.40. The maximum absolute atomic E-state index is 10.7. The van der Waals surface area contributed by atoms with Gasteiger partial charge in [-0.15, -0.1) is 0 Å². The third-order valence-electron chi connectivity index (χ3n) is 1.52. The Hall–Kier alpha value is -2.27. The van der Waals surface area contributed by atoms with E-state index in [9.17, 15) is 4.79 Å².